The number of benzene rings is 1. The van der Waals surface area contributed by atoms with Crippen molar-refractivity contribution in [2.75, 3.05) is 12.0 Å². The molecule has 0 fully saturated rings. The van der Waals surface area contributed by atoms with E-state index in [9.17, 15) is 8.42 Å². The van der Waals surface area contributed by atoms with Gasteiger partial charge in [-0.3, -0.25) is 0 Å². The van der Waals surface area contributed by atoms with Crippen molar-refractivity contribution in [1.82, 2.24) is 24.6 Å². The Labute approximate surface area is 124 Å². The smallest absolute Gasteiger partial charge is 0.258 e. The normalized spacial score (nSPS) is 11.9. The maximum atomic E-state index is 11.5. The lowest BCUT2D eigenvalue weighted by molar-refractivity contribution is 0.592. The predicted molar refractivity (Wildman–Crippen MR) is 76.5 cm³/mol. The average molecular weight is 325 g/mol. The van der Waals surface area contributed by atoms with Gasteiger partial charge in [-0.15, -0.1) is 5.10 Å². The first kappa shape index (κ1) is 13.7. The van der Waals surface area contributed by atoms with E-state index in [1.165, 1.54) is 4.52 Å². The van der Waals surface area contributed by atoms with Crippen LogP contribution >= 0.6 is 11.6 Å². The largest absolute Gasteiger partial charge is 0.368 e. The first-order valence-corrected chi connectivity index (χ1v) is 7.98. The molecule has 0 saturated heterocycles. The van der Waals surface area contributed by atoms with Crippen LogP contribution < -0.4 is 5.73 Å². The van der Waals surface area contributed by atoms with Gasteiger partial charge < -0.3 is 5.73 Å². The molecule has 0 aliphatic carbocycles. The van der Waals surface area contributed by atoms with Gasteiger partial charge in [-0.25, -0.2) is 8.42 Å². The van der Waals surface area contributed by atoms with Crippen molar-refractivity contribution in [3.8, 4) is 11.4 Å². The van der Waals surface area contributed by atoms with Crippen molar-refractivity contribution in [1.29, 1.82) is 0 Å². The summed E-state index contributed by atoms with van der Waals surface area (Å²) in [7, 11) is -3.58. The molecule has 10 heteroatoms. The van der Waals surface area contributed by atoms with Gasteiger partial charge in [0.2, 0.25) is 15.8 Å². The Morgan fingerprint density at radius 2 is 1.81 bits per heavy atom. The van der Waals surface area contributed by atoms with Crippen molar-refractivity contribution in [3.05, 3.63) is 29.3 Å². The third-order valence-corrected chi connectivity index (χ3v) is 3.74. The van der Waals surface area contributed by atoms with Crippen molar-refractivity contribution >= 4 is 33.2 Å². The minimum Gasteiger partial charge on any atom is -0.368 e. The van der Waals surface area contributed by atoms with Crippen LogP contribution in [0.3, 0.4) is 0 Å². The molecule has 2 heterocycles. The monoisotopic (exact) mass is 324 g/mol. The second-order valence-electron chi connectivity index (χ2n) is 4.29. The lowest BCUT2D eigenvalue weighted by Gasteiger charge is -1.99. The molecule has 2 N–H and O–H groups in total. The van der Waals surface area contributed by atoms with Crippen molar-refractivity contribution < 1.29 is 8.42 Å². The fourth-order valence-electron chi connectivity index (χ4n) is 1.67. The van der Waals surface area contributed by atoms with E-state index in [-0.39, 0.29) is 16.9 Å². The lowest BCUT2D eigenvalue weighted by atomic mass is 10.2. The van der Waals surface area contributed by atoms with Gasteiger partial charge in [-0.05, 0) is 24.3 Å². The lowest BCUT2D eigenvalue weighted by Crippen LogP contribution is -2.11. The molecule has 0 atom stereocenters. The Hall–Kier alpha value is -2.26. The molecular formula is C11H9ClN6O2S. The zero-order valence-electron chi connectivity index (χ0n) is 10.7. The standard InChI is InChI=1S/C11H9ClN6O2S/c1-21(19,20)11-15-9(13)18-10(16-11)14-8(17-18)6-2-4-7(12)5-3-6/h2-5H,1H3,(H2,13,14,15,16,17). The van der Waals surface area contributed by atoms with Crippen molar-refractivity contribution in [2.24, 2.45) is 0 Å². The molecule has 0 aliphatic rings. The number of hydrogen-bond donors (Lipinski definition) is 1. The van der Waals surface area contributed by atoms with Gasteiger partial charge in [-0.2, -0.15) is 19.5 Å². The van der Waals surface area contributed by atoms with E-state index < -0.39 is 9.84 Å². The summed E-state index contributed by atoms with van der Waals surface area (Å²) in [6, 6.07) is 6.86. The number of aromatic nitrogens is 5. The molecule has 8 nitrogen and oxygen atoms in total. The highest BCUT2D eigenvalue weighted by Gasteiger charge is 2.17. The second kappa shape index (κ2) is 4.64. The molecule has 0 bridgehead atoms. The molecule has 0 spiro atoms. The summed E-state index contributed by atoms with van der Waals surface area (Å²) in [6.45, 7) is 0. The van der Waals surface area contributed by atoms with Gasteiger partial charge in [-0.1, -0.05) is 11.6 Å². The van der Waals surface area contributed by atoms with Crippen molar-refractivity contribution in [2.45, 2.75) is 5.16 Å². The summed E-state index contributed by atoms with van der Waals surface area (Å²) in [5, 5.41) is 4.35. The van der Waals surface area contributed by atoms with Crippen LogP contribution in [0.25, 0.3) is 17.2 Å². The number of anilines is 1. The first-order valence-electron chi connectivity index (χ1n) is 5.71. The van der Waals surface area contributed by atoms with Crippen LogP contribution in [-0.4, -0.2) is 39.2 Å². The minimum atomic E-state index is -3.58. The van der Waals surface area contributed by atoms with Gasteiger partial charge in [0.15, 0.2) is 5.82 Å². The average Bonchev–Trinajstić information content (AvgIpc) is 2.83. The summed E-state index contributed by atoms with van der Waals surface area (Å²) in [5.74, 6) is 0.305. The number of halogens is 1. The Bertz CT molecular complexity index is 935. The number of rotatable bonds is 2. The molecule has 0 unspecified atom stereocenters. The van der Waals surface area contributed by atoms with Crippen LogP contribution in [0.4, 0.5) is 5.95 Å². The van der Waals surface area contributed by atoms with E-state index in [1.807, 2.05) is 0 Å². The van der Waals surface area contributed by atoms with E-state index in [4.69, 9.17) is 17.3 Å². The van der Waals surface area contributed by atoms with E-state index in [0.29, 0.717) is 16.4 Å². The Kier molecular flexibility index (Phi) is 3.03. The number of nitrogens with zero attached hydrogens (tertiary/aromatic N) is 5. The maximum Gasteiger partial charge on any atom is 0.258 e. The quantitative estimate of drug-likeness (QED) is 0.741. The van der Waals surface area contributed by atoms with Gasteiger partial charge in [0.25, 0.3) is 10.9 Å². The summed E-state index contributed by atoms with van der Waals surface area (Å²) in [5.41, 5.74) is 6.39. The highest BCUT2D eigenvalue weighted by Crippen LogP contribution is 2.19. The molecule has 21 heavy (non-hydrogen) atoms. The zero-order chi connectivity index (χ0) is 15.2. The number of hydrogen-bond acceptors (Lipinski definition) is 7. The molecule has 0 radical (unpaired) electrons. The number of fused-ring (bicyclic) bond motifs is 1. The van der Waals surface area contributed by atoms with E-state index in [2.05, 4.69) is 20.1 Å². The molecule has 108 valence electrons. The van der Waals surface area contributed by atoms with E-state index >= 15 is 0 Å². The first-order chi connectivity index (χ1) is 9.84. The summed E-state index contributed by atoms with van der Waals surface area (Å²) in [4.78, 5) is 11.7. The van der Waals surface area contributed by atoms with E-state index in [0.717, 1.165) is 6.26 Å². The Morgan fingerprint density at radius 3 is 2.43 bits per heavy atom. The molecule has 1 aromatic carbocycles. The number of nitrogen functional groups attached to an aromatic ring is 1. The SMILES string of the molecule is CS(=O)(=O)c1nc(N)n2nc(-c3ccc(Cl)cc3)nc2n1. The van der Waals surface area contributed by atoms with Crippen LogP contribution in [0.5, 0.6) is 0 Å². The highest BCUT2D eigenvalue weighted by molar-refractivity contribution is 7.90. The topological polar surface area (TPSA) is 116 Å². The van der Waals surface area contributed by atoms with Crippen LogP contribution in [-0.2, 0) is 9.84 Å². The van der Waals surface area contributed by atoms with Gasteiger partial charge in [0.1, 0.15) is 0 Å². The van der Waals surface area contributed by atoms with Crippen LogP contribution in [0.15, 0.2) is 29.4 Å². The maximum absolute atomic E-state index is 11.5. The van der Waals surface area contributed by atoms with Gasteiger partial charge in [0.05, 0.1) is 0 Å². The molecule has 0 saturated carbocycles. The summed E-state index contributed by atoms with van der Waals surface area (Å²) >= 11 is 5.82. The highest BCUT2D eigenvalue weighted by atomic mass is 35.5. The van der Waals surface area contributed by atoms with Crippen LogP contribution in [0, 0.1) is 0 Å². The molecular weight excluding hydrogens is 316 g/mol. The van der Waals surface area contributed by atoms with Gasteiger partial charge >= 0.3 is 0 Å². The molecule has 3 rings (SSSR count). The van der Waals surface area contributed by atoms with Crippen molar-refractivity contribution in [3.63, 3.8) is 0 Å². The third kappa shape index (κ3) is 2.52. The number of sulfone groups is 1. The molecule has 3 aromatic rings. The molecule has 2 aromatic heterocycles. The van der Waals surface area contributed by atoms with Gasteiger partial charge in [0, 0.05) is 16.8 Å². The van der Waals surface area contributed by atoms with Crippen LogP contribution in [0.1, 0.15) is 0 Å². The molecule has 0 amide bonds. The fourth-order valence-corrected chi connectivity index (χ4v) is 2.31. The third-order valence-electron chi connectivity index (χ3n) is 2.65. The fraction of sp³-hybridized carbons (Fsp3) is 0.0909. The minimum absolute atomic E-state index is 0.0628. The van der Waals surface area contributed by atoms with E-state index in [1.54, 1.807) is 24.3 Å². The Balaban J connectivity index is 2.20. The molecule has 0 aliphatic heterocycles. The van der Waals surface area contributed by atoms with Crippen LogP contribution in [0.2, 0.25) is 5.02 Å². The Morgan fingerprint density at radius 1 is 1.14 bits per heavy atom. The summed E-state index contributed by atoms with van der Waals surface area (Å²) in [6.07, 6.45) is 0.995. The second-order valence-corrected chi connectivity index (χ2v) is 6.64. The number of nitrogens with two attached hydrogens (primary N) is 1. The summed E-state index contributed by atoms with van der Waals surface area (Å²) < 4.78 is 24.2. The zero-order valence-corrected chi connectivity index (χ0v) is 12.3. The predicted octanol–water partition coefficient (Wildman–Crippen LogP) is 0.825.